The molecule has 2 aromatic heterocycles. The summed E-state index contributed by atoms with van der Waals surface area (Å²) >= 11 is 3.53. The Labute approximate surface area is 361 Å². The molecular formula is C52H40BrN3O4. The Morgan fingerprint density at radius 3 is 1.88 bits per heavy atom. The molecule has 8 heteroatoms. The van der Waals surface area contributed by atoms with Gasteiger partial charge in [-0.05, 0) is 125 Å². The zero-order valence-electron chi connectivity index (χ0n) is 36.0. The van der Waals surface area contributed by atoms with Crippen molar-refractivity contribution in [1.82, 2.24) is 9.55 Å². The monoisotopic (exact) mass is 852 g/mol. The largest absolute Gasteiger partial charge is 0.457 e. The average Bonchev–Trinajstić information content (AvgIpc) is 3.59. The van der Waals surface area contributed by atoms with Gasteiger partial charge in [0.15, 0.2) is 0 Å². The van der Waals surface area contributed by atoms with Crippen LogP contribution in [-0.2, 0) is 5.41 Å². The molecule has 0 saturated carbocycles. The number of ether oxygens (including phenoxy) is 2. The number of halogens is 1. The summed E-state index contributed by atoms with van der Waals surface area (Å²) in [6.07, 6.45) is 1.63. The van der Waals surface area contributed by atoms with E-state index in [0.717, 1.165) is 31.8 Å². The fraction of sp³-hybridized carbons (Fsp3) is 0.0962. The van der Waals surface area contributed by atoms with Crippen molar-refractivity contribution >= 4 is 43.4 Å². The summed E-state index contributed by atoms with van der Waals surface area (Å²) in [5.41, 5.74) is 6.63. The topological polar surface area (TPSA) is 79.4 Å². The van der Waals surface area contributed by atoms with Crippen LogP contribution in [0.5, 0.6) is 23.0 Å². The molecule has 7 aromatic carbocycles. The first kappa shape index (κ1) is 35.0. The molecule has 0 bridgehead atoms. The lowest BCUT2D eigenvalue weighted by Crippen LogP contribution is -2.10. The van der Waals surface area contributed by atoms with Gasteiger partial charge in [-0.3, -0.25) is 14.7 Å². The maximum absolute atomic E-state index is 12.3. The number of pyridine rings is 1. The molecule has 0 amide bonds. The van der Waals surface area contributed by atoms with Crippen LogP contribution in [0.25, 0.3) is 61.0 Å². The highest BCUT2D eigenvalue weighted by Crippen LogP contribution is 2.41. The maximum atomic E-state index is 12.3. The lowest BCUT2D eigenvalue weighted by Gasteiger charge is -2.19. The molecule has 294 valence electrons. The van der Waals surface area contributed by atoms with Gasteiger partial charge in [0, 0.05) is 37.2 Å². The summed E-state index contributed by atoms with van der Waals surface area (Å²) in [5.74, 6) is 2.84. The zero-order chi connectivity index (χ0) is 44.0. The summed E-state index contributed by atoms with van der Waals surface area (Å²) < 4.78 is 41.4. The molecule has 0 aliphatic heterocycles. The van der Waals surface area contributed by atoms with E-state index in [2.05, 4.69) is 54.9 Å². The Hall–Kier alpha value is -7.03. The van der Waals surface area contributed by atoms with E-state index < -0.39 is 6.85 Å². The van der Waals surface area contributed by atoms with Crippen LogP contribution in [0.1, 0.15) is 36.0 Å². The number of rotatable bonds is 9. The normalized spacial score (nSPS) is 12.5. The zero-order valence-corrected chi connectivity index (χ0v) is 34.6. The van der Waals surface area contributed by atoms with Gasteiger partial charge < -0.3 is 9.47 Å². The number of hydrogen-bond donors (Lipinski definition) is 0. The molecule has 2 heterocycles. The fourth-order valence-corrected chi connectivity index (χ4v) is 7.98. The van der Waals surface area contributed by atoms with Crippen LogP contribution in [0.4, 0.5) is 5.69 Å². The molecule has 0 spiro atoms. The number of benzene rings is 7. The number of hydrogen-bond acceptors (Lipinski definition) is 5. The highest BCUT2D eigenvalue weighted by molar-refractivity contribution is 9.10. The Bertz CT molecular complexity index is 3180. The van der Waals surface area contributed by atoms with E-state index in [-0.39, 0.29) is 21.6 Å². The third-order valence-electron chi connectivity index (χ3n) is 10.6. The molecule has 0 atom stereocenters. The first-order chi connectivity index (χ1) is 30.2. The molecule has 7 nitrogen and oxygen atoms in total. The van der Waals surface area contributed by atoms with E-state index in [9.17, 15) is 10.1 Å². The number of fused-ring (bicyclic) bond motifs is 3. The molecule has 0 fully saturated rings. The second-order valence-corrected chi connectivity index (χ2v) is 16.5. The molecule has 0 N–H and O–H groups in total. The molecule has 0 aliphatic carbocycles. The van der Waals surface area contributed by atoms with Crippen LogP contribution in [0, 0.1) is 17.0 Å². The van der Waals surface area contributed by atoms with Gasteiger partial charge >= 0.3 is 0 Å². The molecular weight excluding hydrogens is 810 g/mol. The van der Waals surface area contributed by atoms with Crippen LogP contribution < -0.4 is 9.47 Å². The van der Waals surface area contributed by atoms with Gasteiger partial charge in [0.25, 0.3) is 5.69 Å². The minimum atomic E-state index is -2.47. The van der Waals surface area contributed by atoms with Crippen molar-refractivity contribution in [3.8, 4) is 62.2 Å². The van der Waals surface area contributed by atoms with Crippen molar-refractivity contribution < 1.29 is 18.5 Å². The summed E-state index contributed by atoms with van der Waals surface area (Å²) in [4.78, 5) is 16.9. The number of nitro benzene ring substituents is 1. The Morgan fingerprint density at radius 2 is 1.23 bits per heavy atom. The van der Waals surface area contributed by atoms with Gasteiger partial charge in [-0.1, -0.05) is 109 Å². The first-order valence-electron chi connectivity index (χ1n) is 21.0. The van der Waals surface area contributed by atoms with E-state index in [1.54, 1.807) is 60.8 Å². The average molecular weight is 854 g/mol. The van der Waals surface area contributed by atoms with Gasteiger partial charge in [0.2, 0.25) is 0 Å². The Morgan fingerprint density at radius 1 is 0.617 bits per heavy atom. The standard InChI is InChI=1S/C52H40BrN3O4/c1-33-28-50(55-48-27-20-37(52(2,3)4)29-46(48)45-26-25-42(31-49(45)55)60-41-13-8-12-38(53)30-41)54-32-47(33)36-18-23-40(24-19-36)59-39-21-16-35(17-22-39)44-15-9-14-43(51(44)56(57)58)34-10-6-5-7-11-34/h5-32H,1-4H3/i1D3. The van der Waals surface area contributed by atoms with Gasteiger partial charge in [0.05, 0.1) is 27.1 Å². The van der Waals surface area contributed by atoms with Crippen LogP contribution in [0.3, 0.4) is 0 Å². The molecule has 0 unspecified atom stereocenters. The van der Waals surface area contributed by atoms with Gasteiger partial charge in [-0.2, -0.15) is 0 Å². The summed E-state index contributed by atoms with van der Waals surface area (Å²) in [5, 5.41) is 14.3. The van der Waals surface area contributed by atoms with Crippen molar-refractivity contribution in [2.24, 2.45) is 0 Å². The minimum absolute atomic E-state index is 0.0351. The Balaban J connectivity index is 1.04. The van der Waals surface area contributed by atoms with E-state index in [1.807, 2.05) is 95.6 Å². The highest BCUT2D eigenvalue weighted by atomic mass is 79.9. The van der Waals surface area contributed by atoms with Gasteiger partial charge in [-0.25, -0.2) is 4.98 Å². The number of aryl methyl sites for hydroxylation is 1. The number of nitro groups is 1. The van der Waals surface area contributed by atoms with Gasteiger partial charge in [-0.15, -0.1) is 0 Å². The minimum Gasteiger partial charge on any atom is -0.457 e. The van der Waals surface area contributed by atoms with Crippen molar-refractivity contribution in [2.75, 3.05) is 0 Å². The van der Waals surface area contributed by atoms with E-state index in [0.29, 0.717) is 56.6 Å². The molecule has 0 radical (unpaired) electrons. The first-order valence-corrected chi connectivity index (χ1v) is 20.3. The Kier molecular flexibility index (Phi) is 9.10. The van der Waals surface area contributed by atoms with Crippen molar-refractivity contribution in [3.05, 3.63) is 196 Å². The molecule has 0 saturated heterocycles. The SMILES string of the molecule is [2H]C([2H])([2H])c1cc(-n2c3ccc(C(C)(C)C)cc3c3ccc(Oc4cccc(Br)c4)cc32)ncc1-c1ccc(Oc2ccc(-c3cccc(-c4ccccc4)c3[N+](=O)[O-])cc2)cc1. The van der Waals surface area contributed by atoms with Crippen LogP contribution in [0.2, 0.25) is 0 Å². The van der Waals surface area contributed by atoms with E-state index in [1.165, 1.54) is 5.56 Å². The van der Waals surface area contributed by atoms with Crippen molar-refractivity contribution in [2.45, 2.75) is 33.0 Å². The van der Waals surface area contributed by atoms with Crippen LogP contribution >= 0.6 is 15.9 Å². The highest BCUT2D eigenvalue weighted by Gasteiger charge is 2.23. The summed E-state index contributed by atoms with van der Waals surface area (Å²) in [6, 6.07) is 50.6. The summed E-state index contributed by atoms with van der Waals surface area (Å²) in [7, 11) is 0. The molecule has 60 heavy (non-hydrogen) atoms. The van der Waals surface area contributed by atoms with E-state index in [4.69, 9.17) is 18.6 Å². The van der Waals surface area contributed by atoms with Crippen molar-refractivity contribution in [1.29, 1.82) is 0 Å². The number of aromatic nitrogens is 2. The summed E-state index contributed by atoms with van der Waals surface area (Å²) in [6.45, 7) is 4.08. The molecule has 9 rings (SSSR count). The second-order valence-electron chi connectivity index (χ2n) is 15.6. The lowest BCUT2D eigenvalue weighted by molar-refractivity contribution is -0.383. The van der Waals surface area contributed by atoms with E-state index >= 15 is 0 Å². The third kappa shape index (κ3) is 7.53. The molecule has 0 aliphatic rings. The number of nitrogens with zero attached hydrogens (tertiary/aromatic N) is 3. The smallest absolute Gasteiger partial charge is 0.284 e. The van der Waals surface area contributed by atoms with Crippen LogP contribution in [-0.4, -0.2) is 14.5 Å². The lowest BCUT2D eigenvalue weighted by atomic mass is 9.86. The quantitative estimate of drug-likeness (QED) is 0.107. The van der Waals surface area contributed by atoms with Gasteiger partial charge in [0.1, 0.15) is 28.8 Å². The fourth-order valence-electron chi connectivity index (χ4n) is 7.61. The maximum Gasteiger partial charge on any atom is 0.284 e. The van der Waals surface area contributed by atoms with Crippen molar-refractivity contribution in [3.63, 3.8) is 0 Å². The predicted molar refractivity (Wildman–Crippen MR) is 246 cm³/mol. The predicted octanol–water partition coefficient (Wildman–Crippen LogP) is 15.0. The second kappa shape index (κ2) is 15.6. The third-order valence-corrected chi connectivity index (χ3v) is 11.1. The number of para-hydroxylation sites is 1. The molecule has 9 aromatic rings. The van der Waals surface area contributed by atoms with Crippen LogP contribution in [0.15, 0.2) is 174 Å².